The quantitative estimate of drug-likeness (QED) is 0.808. The van der Waals surface area contributed by atoms with E-state index in [2.05, 4.69) is 9.46 Å². The van der Waals surface area contributed by atoms with Gasteiger partial charge in [0.1, 0.15) is 9.77 Å². The standard InChI is InChI=1S/C13H11Cl2NO4S2/c1-20-13(17)12-11(4-5-21-12)22(18,19)16-7-8-2-3-9(14)6-10(8)15/h2-6,16H,7H2,1H3. The average Bonchev–Trinajstić information content (AvgIpc) is 2.96. The highest BCUT2D eigenvalue weighted by atomic mass is 35.5. The van der Waals surface area contributed by atoms with Crippen molar-refractivity contribution in [2.75, 3.05) is 7.11 Å². The van der Waals surface area contributed by atoms with Gasteiger partial charge in [-0.2, -0.15) is 0 Å². The minimum atomic E-state index is -3.86. The number of benzene rings is 1. The van der Waals surface area contributed by atoms with Gasteiger partial charge in [-0.05, 0) is 29.1 Å². The first kappa shape index (κ1) is 17.2. The van der Waals surface area contributed by atoms with Gasteiger partial charge in [-0.25, -0.2) is 17.9 Å². The largest absolute Gasteiger partial charge is 0.465 e. The Balaban J connectivity index is 2.22. The van der Waals surface area contributed by atoms with Crippen LogP contribution in [0.4, 0.5) is 0 Å². The van der Waals surface area contributed by atoms with Gasteiger partial charge in [0.25, 0.3) is 0 Å². The van der Waals surface area contributed by atoms with E-state index < -0.39 is 16.0 Å². The zero-order chi connectivity index (χ0) is 16.3. The number of nitrogens with one attached hydrogen (secondary N) is 1. The van der Waals surface area contributed by atoms with E-state index in [4.69, 9.17) is 23.2 Å². The topological polar surface area (TPSA) is 72.5 Å². The maximum absolute atomic E-state index is 12.3. The van der Waals surface area contributed by atoms with E-state index >= 15 is 0 Å². The molecule has 1 heterocycles. The van der Waals surface area contributed by atoms with Crippen LogP contribution in [-0.2, 0) is 21.3 Å². The molecule has 2 rings (SSSR count). The van der Waals surface area contributed by atoms with Crippen LogP contribution < -0.4 is 4.72 Å². The molecular formula is C13H11Cl2NO4S2. The molecule has 0 aliphatic carbocycles. The average molecular weight is 380 g/mol. The lowest BCUT2D eigenvalue weighted by Gasteiger charge is -2.08. The molecule has 118 valence electrons. The Kier molecular flexibility index (Phi) is 5.46. The molecule has 0 atom stereocenters. The molecule has 9 heteroatoms. The first-order valence-corrected chi connectivity index (χ1v) is 9.06. The van der Waals surface area contributed by atoms with Gasteiger partial charge in [-0.15, -0.1) is 11.3 Å². The van der Waals surface area contributed by atoms with Crippen molar-refractivity contribution >= 4 is 50.5 Å². The first-order valence-electron chi connectivity index (χ1n) is 5.94. The fraction of sp³-hybridized carbons (Fsp3) is 0.154. The molecule has 0 fully saturated rings. The molecule has 1 aromatic heterocycles. The van der Waals surface area contributed by atoms with Gasteiger partial charge in [0.05, 0.1) is 7.11 Å². The maximum Gasteiger partial charge on any atom is 0.349 e. The van der Waals surface area contributed by atoms with E-state index in [-0.39, 0.29) is 16.3 Å². The number of carbonyl (C=O) groups excluding carboxylic acids is 1. The van der Waals surface area contributed by atoms with E-state index in [0.29, 0.717) is 15.6 Å². The molecule has 0 saturated carbocycles. The Morgan fingerprint density at radius 1 is 1.32 bits per heavy atom. The van der Waals surface area contributed by atoms with Crippen molar-refractivity contribution in [1.82, 2.24) is 4.72 Å². The molecule has 0 radical (unpaired) electrons. The van der Waals surface area contributed by atoms with Gasteiger partial charge in [-0.3, -0.25) is 0 Å². The van der Waals surface area contributed by atoms with Crippen molar-refractivity contribution in [3.8, 4) is 0 Å². The number of carbonyl (C=O) groups is 1. The van der Waals surface area contributed by atoms with E-state index in [1.807, 2.05) is 0 Å². The monoisotopic (exact) mass is 379 g/mol. The third kappa shape index (κ3) is 3.80. The summed E-state index contributed by atoms with van der Waals surface area (Å²) in [5, 5.41) is 2.33. The number of ether oxygens (including phenoxy) is 1. The van der Waals surface area contributed by atoms with Crippen molar-refractivity contribution in [3.63, 3.8) is 0 Å². The highest BCUT2D eigenvalue weighted by molar-refractivity contribution is 7.89. The Labute approximate surface area is 141 Å². The third-order valence-electron chi connectivity index (χ3n) is 2.76. The van der Waals surface area contributed by atoms with Crippen molar-refractivity contribution in [2.24, 2.45) is 0 Å². The van der Waals surface area contributed by atoms with Gasteiger partial charge < -0.3 is 4.74 Å². The van der Waals surface area contributed by atoms with E-state index in [9.17, 15) is 13.2 Å². The van der Waals surface area contributed by atoms with Crippen molar-refractivity contribution in [1.29, 1.82) is 0 Å². The summed E-state index contributed by atoms with van der Waals surface area (Å²) < 4.78 is 31.6. The van der Waals surface area contributed by atoms with Crippen LogP contribution in [0.15, 0.2) is 34.5 Å². The minimum absolute atomic E-state index is 0.0191. The molecule has 1 aromatic carbocycles. The summed E-state index contributed by atoms with van der Waals surface area (Å²) in [5.41, 5.74) is 0.574. The lowest BCUT2D eigenvalue weighted by Crippen LogP contribution is -2.24. The molecule has 0 amide bonds. The summed E-state index contributed by atoms with van der Waals surface area (Å²) >= 11 is 12.8. The molecule has 5 nitrogen and oxygen atoms in total. The molecule has 2 aromatic rings. The Morgan fingerprint density at radius 3 is 2.68 bits per heavy atom. The fourth-order valence-electron chi connectivity index (χ4n) is 1.67. The second kappa shape index (κ2) is 6.97. The third-order valence-corrected chi connectivity index (χ3v) is 5.81. The number of hydrogen-bond donors (Lipinski definition) is 1. The molecule has 1 N–H and O–H groups in total. The predicted octanol–water partition coefficient (Wildman–Crippen LogP) is 3.32. The minimum Gasteiger partial charge on any atom is -0.465 e. The number of methoxy groups -OCH3 is 1. The van der Waals surface area contributed by atoms with Crippen LogP contribution in [0.1, 0.15) is 15.2 Å². The highest BCUT2D eigenvalue weighted by Gasteiger charge is 2.24. The fourth-order valence-corrected chi connectivity index (χ4v) is 4.48. The van der Waals surface area contributed by atoms with Crippen LogP contribution in [0, 0.1) is 0 Å². The first-order chi connectivity index (χ1) is 10.3. The lowest BCUT2D eigenvalue weighted by atomic mass is 10.2. The normalized spacial score (nSPS) is 11.4. The van der Waals surface area contributed by atoms with Crippen molar-refractivity contribution < 1.29 is 17.9 Å². The number of sulfonamides is 1. The molecule has 0 aliphatic heterocycles. The molecular weight excluding hydrogens is 369 g/mol. The van der Waals surface area contributed by atoms with Crippen LogP contribution in [0.25, 0.3) is 0 Å². The molecule has 0 aliphatic rings. The van der Waals surface area contributed by atoms with Crippen LogP contribution in [-0.4, -0.2) is 21.5 Å². The second-order valence-electron chi connectivity index (χ2n) is 4.17. The predicted molar refractivity (Wildman–Crippen MR) is 86.1 cm³/mol. The Morgan fingerprint density at radius 2 is 2.05 bits per heavy atom. The summed E-state index contributed by atoms with van der Waals surface area (Å²) in [7, 11) is -2.67. The molecule has 22 heavy (non-hydrogen) atoms. The smallest absolute Gasteiger partial charge is 0.349 e. The van der Waals surface area contributed by atoms with Crippen LogP contribution >= 0.6 is 34.5 Å². The van der Waals surface area contributed by atoms with Crippen molar-refractivity contribution in [2.45, 2.75) is 11.4 Å². The van der Waals surface area contributed by atoms with Gasteiger partial charge in [0.15, 0.2) is 0 Å². The number of thiophene rings is 1. The molecule has 0 spiro atoms. The van der Waals surface area contributed by atoms with Gasteiger partial charge in [0.2, 0.25) is 10.0 Å². The second-order valence-corrected chi connectivity index (χ2v) is 7.66. The molecule has 0 unspecified atom stereocenters. The Hall–Kier alpha value is -1.12. The van der Waals surface area contributed by atoms with E-state index in [0.717, 1.165) is 11.3 Å². The Bertz CT molecular complexity index is 802. The van der Waals surface area contributed by atoms with Crippen molar-refractivity contribution in [3.05, 3.63) is 50.1 Å². The van der Waals surface area contributed by atoms with Crippen LogP contribution in [0.3, 0.4) is 0 Å². The van der Waals surface area contributed by atoms with Gasteiger partial charge in [0, 0.05) is 16.6 Å². The van der Waals surface area contributed by atoms with Crippen LogP contribution in [0.2, 0.25) is 10.0 Å². The number of halogens is 2. The van der Waals surface area contributed by atoms with E-state index in [1.165, 1.54) is 24.6 Å². The molecule has 0 saturated heterocycles. The molecule has 0 bridgehead atoms. The zero-order valence-electron chi connectivity index (χ0n) is 11.3. The van der Waals surface area contributed by atoms with Gasteiger partial charge >= 0.3 is 5.97 Å². The number of hydrogen-bond acceptors (Lipinski definition) is 5. The summed E-state index contributed by atoms with van der Waals surface area (Å²) in [4.78, 5) is 11.5. The number of esters is 1. The summed E-state index contributed by atoms with van der Waals surface area (Å²) in [6.07, 6.45) is 0. The SMILES string of the molecule is COC(=O)c1sccc1S(=O)(=O)NCc1ccc(Cl)cc1Cl. The maximum atomic E-state index is 12.3. The zero-order valence-corrected chi connectivity index (χ0v) is 14.4. The summed E-state index contributed by atoms with van der Waals surface area (Å²) in [6.45, 7) is -0.0191. The van der Waals surface area contributed by atoms with Gasteiger partial charge in [-0.1, -0.05) is 29.3 Å². The summed E-state index contributed by atoms with van der Waals surface area (Å²) in [5.74, 6) is -0.695. The van der Waals surface area contributed by atoms with E-state index in [1.54, 1.807) is 12.1 Å². The summed E-state index contributed by atoms with van der Waals surface area (Å²) in [6, 6.07) is 6.11. The highest BCUT2D eigenvalue weighted by Crippen LogP contribution is 2.24. The number of rotatable bonds is 5. The lowest BCUT2D eigenvalue weighted by molar-refractivity contribution is 0.0602. The van der Waals surface area contributed by atoms with Crippen LogP contribution in [0.5, 0.6) is 0 Å².